The van der Waals surface area contributed by atoms with Crippen molar-refractivity contribution in [2.75, 3.05) is 31.1 Å². The molecule has 2 heterocycles. The van der Waals surface area contributed by atoms with Crippen LogP contribution in [0.1, 0.15) is 37.7 Å². The number of piperazine rings is 1. The van der Waals surface area contributed by atoms with Crippen molar-refractivity contribution in [1.29, 1.82) is 0 Å². The van der Waals surface area contributed by atoms with E-state index in [4.69, 9.17) is 0 Å². The molecule has 1 aliphatic carbocycles. The molecule has 1 aromatic rings. The first kappa shape index (κ1) is 15.9. The molecule has 24 heavy (non-hydrogen) atoms. The van der Waals surface area contributed by atoms with Gasteiger partial charge in [-0.1, -0.05) is 25.0 Å². The SMILES string of the molecule is Cc1cccc(N2CCN(C(=O)C3CC4CCCCC4N3)CC2)c1. The van der Waals surface area contributed by atoms with E-state index in [1.165, 1.54) is 36.9 Å². The molecule has 4 heteroatoms. The summed E-state index contributed by atoms with van der Waals surface area (Å²) < 4.78 is 0. The molecule has 0 bridgehead atoms. The smallest absolute Gasteiger partial charge is 0.239 e. The maximum Gasteiger partial charge on any atom is 0.239 e. The first-order chi connectivity index (χ1) is 11.7. The van der Waals surface area contributed by atoms with Crippen molar-refractivity contribution in [3.05, 3.63) is 29.8 Å². The van der Waals surface area contributed by atoms with Gasteiger partial charge in [-0.2, -0.15) is 0 Å². The van der Waals surface area contributed by atoms with Gasteiger partial charge in [-0.25, -0.2) is 0 Å². The van der Waals surface area contributed by atoms with Gasteiger partial charge in [0.1, 0.15) is 0 Å². The molecule has 0 radical (unpaired) electrons. The average molecular weight is 327 g/mol. The fraction of sp³-hybridized carbons (Fsp3) is 0.650. The molecule has 2 aliphatic heterocycles. The molecule has 3 atom stereocenters. The van der Waals surface area contributed by atoms with Crippen LogP contribution in [-0.4, -0.2) is 49.1 Å². The Bertz CT molecular complexity index is 580. The molecule has 3 aliphatic rings. The van der Waals surface area contributed by atoms with E-state index >= 15 is 0 Å². The zero-order valence-electron chi connectivity index (χ0n) is 14.7. The van der Waals surface area contributed by atoms with Crippen LogP contribution < -0.4 is 10.2 Å². The highest BCUT2D eigenvalue weighted by atomic mass is 16.2. The van der Waals surface area contributed by atoms with Gasteiger partial charge in [0.05, 0.1) is 6.04 Å². The lowest BCUT2D eigenvalue weighted by atomic mass is 9.85. The molecule has 1 amide bonds. The van der Waals surface area contributed by atoms with Crippen molar-refractivity contribution in [2.24, 2.45) is 5.92 Å². The van der Waals surface area contributed by atoms with Crippen molar-refractivity contribution in [3.8, 4) is 0 Å². The Morgan fingerprint density at radius 2 is 1.92 bits per heavy atom. The number of nitrogens with zero attached hydrogens (tertiary/aromatic N) is 2. The Morgan fingerprint density at radius 3 is 2.67 bits per heavy atom. The number of hydrogen-bond acceptors (Lipinski definition) is 3. The minimum atomic E-state index is 0.0728. The van der Waals surface area contributed by atoms with E-state index in [-0.39, 0.29) is 6.04 Å². The van der Waals surface area contributed by atoms with Crippen molar-refractivity contribution in [3.63, 3.8) is 0 Å². The number of carbonyl (C=O) groups is 1. The van der Waals surface area contributed by atoms with Gasteiger partial charge < -0.3 is 15.1 Å². The van der Waals surface area contributed by atoms with Crippen LogP contribution >= 0.6 is 0 Å². The Morgan fingerprint density at radius 1 is 1.12 bits per heavy atom. The molecule has 3 unspecified atom stereocenters. The van der Waals surface area contributed by atoms with Crippen LogP contribution in [-0.2, 0) is 4.79 Å². The van der Waals surface area contributed by atoms with Crippen molar-refractivity contribution < 1.29 is 4.79 Å². The molecule has 130 valence electrons. The van der Waals surface area contributed by atoms with Crippen LogP contribution in [0.2, 0.25) is 0 Å². The molecule has 4 nitrogen and oxygen atoms in total. The second kappa shape index (κ2) is 6.75. The minimum Gasteiger partial charge on any atom is -0.368 e. The summed E-state index contributed by atoms with van der Waals surface area (Å²) in [4.78, 5) is 17.4. The summed E-state index contributed by atoms with van der Waals surface area (Å²) in [5.74, 6) is 1.08. The zero-order chi connectivity index (χ0) is 16.5. The number of benzene rings is 1. The van der Waals surface area contributed by atoms with Gasteiger partial charge in [-0.3, -0.25) is 4.79 Å². The van der Waals surface area contributed by atoms with E-state index < -0.39 is 0 Å². The molecule has 1 aromatic carbocycles. The maximum atomic E-state index is 12.9. The largest absolute Gasteiger partial charge is 0.368 e. The zero-order valence-corrected chi connectivity index (χ0v) is 14.7. The highest BCUT2D eigenvalue weighted by Gasteiger charge is 2.40. The molecule has 4 rings (SSSR count). The summed E-state index contributed by atoms with van der Waals surface area (Å²) in [5.41, 5.74) is 2.58. The van der Waals surface area contributed by atoms with Crippen molar-refractivity contribution >= 4 is 11.6 Å². The number of aryl methyl sites for hydroxylation is 1. The average Bonchev–Trinajstić information content (AvgIpc) is 3.05. The Kier molecular flexibility index (Phi) is 4.49. The molecular weight excluding hydrogens is 298 g/mol. The lowest BCUT2D eigenvalue weighted by molar-refractivity contribution is -0.133. The quantitative estimate of drug-likeness (QED) is 0.907. The van der Waals surface area contributed by atoms with E-state index in [0.717, 1.165) is 38.5 Å². The van der Waals surface area contributed by atoms with Gasteiger partial charge in [-0.15, -0.1) is 0 Å². The molecular formula is C20H29N3O. The fourth-order valence-electron chi connectivity index (χ4n) is 4.74. The molecule has 1 saturated carbocycles. The molecule has 2 saturated heterocycles. The number of fused-ring (bicyclic) bond motifs is 1. The first-order valence-corrected chi connectivity index (χ1v) is 9.57. The van der Waals surface area contributed by atoms with E-state index in [9.17, 15) is 4.79 Å². The molecule has 1 N–H and O–H groups in total. The first-order valence-electron chi connectivity index (χ1n) is 9.57. The third kappa shape index (κ3) is 3.16. The topological polar surface area (TPSA) is 35.6 Å². The van der Waals surface area contributed by atoms with E-state index in [2.05, 4.69) is 46.3 Å². The summed E-state index contributed by atoms with van der Waals surface area (Å²) >= 11 is 0. The van der Waals surface area contributed by atoms with Gasteiger partial charge >= 0.3 is 0 Å². The number of carbonyl (C=O) groups excluding carboxylic acids is 1. The molecule has 0 spiro atoms. The summed E-state index contributed by atoms with van der Waals surface area (Å²) in [7, 11) is 0. The monoisotopic (exact) mass is 327 g/mol. The van der Waals surface area contributed by atoms with Crippen molar-refractivity contribution in [2.45, 2.75) is 51.1 Å². The Hall–Kier alpha value is -1.55. The Balaban J connectivity index is 1.33. The maximum absolute atomic E-state index is 12.9. The predicted octanol–water partition coefficient (Wildman–Crippen LogP) is 2.56. The second-order valence-corrected chi connectivity index (χ2v) is 7.76. The number of nitrogens with one attached hydrogen (secondary N) is 1. The van der Waals surface area contributed by atoms with Gasteiger partial charge in [0.15, 0.2) is 0 Å². The number of anilines is 1. The highest BCUT2D eigenvalue weighted by Crippen LogP contribution is 2.33. The van der Waals surface area contributed by atoms with Crippen LogP contribution in [0.25, 0.3) is 0 Å². The van der Waals surface area contributed by atoms with E-state index in [1.807, 2.05) is 0 Å². The third-order valence-corrected chi connectivity index (χ3v) is 6.12. The van der Waals surface area contributed by atoms with Gasteiger partial charge in [0.25, 0.3) is 0 Å². The summed E-state index contributed by atoms with van der Waals surface area (Å²) in [5, 5.41) is 3.64. The Labute approximate surface area is 145 Å². The second-order valence-electron chi connectivity index (χ2n) is 7.76. The van der Waals surface area contributed by atoms with Crippen LogP contribution in [0.5, 0.6) is 0 Å². The van der Waals surface area contributed by atoms with E-state index in [0.29, 0.717) is 11.9 Å². The van der Waals surface area contributed by atoms with Crippen LogP contribution in [0.3, 0.4) is 0 Å². The number of rotatable bonds is 2. The normalized spacial score (nSPS) is 30.3. The standard InChI is InChI=1S/C20H29N3O/c1-15-5-4-7-17(13-15)22-9-11-23(12-10-22)20(24)19-14-16-6-2-3-8-18(16)21-19/h4-5,7,13,16,18-19,21H,2-3,6,8-12,14H2,1H3. The van der Waals surface area contributed by atoms with Crippen molar-refractivity contribution in [1.82, 2.24) is 10.2 Å². The summed E-state index contributed by atoms with van der Waals surface area (Å²) in [6.07, 6.45) is 6.29. The van der Waals surface area contributed by atoms with Gasteiger partial charge in [0.2, 0.25) is 5.91 Å². The van der Waals surface area contributed by atoms with Crippen LogP contribution in [0.15, 0.2) is 24.3 Å². The summed E-state index contributed by atoms with van der Waals surface area (Å²) in [6, 6.07) is 9.33. The lowest BCUT2D eigenvalue weighted by Gasteiger charge is -2.37. The minimum absolute atomic E-state index is 0.0728. The highest BCUT2D eigenvalue weighted by molar-refractivity contribution is 5.82. The number of amides is 1. The fourth-order valence-corrected chi connectivity index (χ4v) is 4.74. The van der Waals surface area contributed by atoms with Crippen LogP contribution in [0.4, 0.5) is 5.69 Å². The third-order valence-electron chi connectivity index (χ3n) is 6.12. The lowest BCUT2D eigenvalue weighted by Crippen LogP contribution is -2.53. The van der Waals surface area contributed by atoms with Gasteiger partial charge in [0, 0.05) is 37.9 Å². The van der Waals surface area contributed by atoms with Gasteiger partial charge in [-0.05, 0) is 49.8 Å². The summed E-state index contributed by atoms with van der Waals surface area (Å²) in [6.45, 7) is 5.71. The molecule has 0 aromatic heterocycles. The predicted molar refractivity (Wildman–Crippen MR) is 97.3 cm³/mol. The number of hydrogen-bond donors (Lipinski definition) is 1. The van der Waals surface area contributed by atoms with E-state index in [1.54, 1.807) is 0 Å². The molecule has 3 fully saturated rings. The van der Waals surface area contributed by atoms with Crippen LogP contribution in [0, 0.1) is 12.8 Å².